The summed E-state index contributed by atoms with van der Waals surface area (Å²) in [6.45, 7) is 6.23. The summed E-state index contributed by atoms with van der Waals surface area (Å²) < 4.78 is 33.4. The smallest absolute Gasteiger partial charge is 0.408 e. The summed E-state index contributed by atoms with van der Waals surface area (Å²) >= 11 is 0. The zero-order valence-corrected chi connectivity index (χ0v) is 14.1. The first kappa shape index (κ1) is 16.2. The van der Waals surface area contributed by atoms with Gasteiger partial charge in [-0.1, -0.05) is 13.8 Å². The van der Waals surface area contributed by atoms with Crippen LogP contribution >= 0.6 is 0 Å². The number of fused-ring (bicyclic) bond motifs is 1. The molecule has 0 aliphatic carbocycles. The van der Waals surface area contributed by atoms with E-state index in [2.05, 4.69) is 0 Å². The second-order valence-electron chi connectivity index (χ2n) is 6.54. The fourth-order valence-corrected chi connectivity index (χ4v) is 4.54. The van der Waals surface area contributed by atoms with E-state index >= 15 is 0 Å². The highest BCUT2D eigenvalue weighted by molar-refractivity contribution is 7.89. The van der Waals surface area contributed by atoms with Gasteiger partial charge < -0.3 is 9.52 Å². The van der Waals surface area contributed by atoms with Gasteiger partial charge in [-0.3, -0.25) is 4.57 Å². The van der Waals surface area contributed by atoms with E-state index < -0.39 is 27.3 Å². The van der Waals surface area contributed by atoms with E-state index in [0.717, 1.165) is 0 Å². The van der Waals surface area contributed by atoms with Gasteiger partial charge in [0.05, 0.1) is 16.5 Å². The van der Waals surface area contributed by atoms with Crippen LogP contribution in [0, 0.1) is 5.41 Å². The van der Waals surface area contributed by atoms with E-state index in [1.807, 2.05) is 20.8 Å². The lowest BCUT2D eigenvalue weighted by Gasteiger charge is -2.21. The standard InChI is InChI=1S/C15H20N2O5S/c1-4-17-11-6-5-10(7-12(11)22-14(17)19)23(20,21)16-8-13(18)15(2,3)9-16/h5-7,13,18H,4,8-9H2,1-3H3. The van der Waals surface area contributed by atoms with Crippen LogP contribution in [0.2, 0.25) is 0 Å². The Hall–Kier alpha value is -1.64. The molecule has 2 aromatic rings. The molecule has 0 bridgehead atoms. The van der Waals surface area contributed by atoms with Crippen LogP contribution < -0.4 is 5.76 Å². The lowest BCUT2D eigenvalue weighted by molar-refractivity contribution is 0.0960. The van der Waals surface area contributed by atoms with Crippen LogP contribution in [0.1, 0.15) is 20.8 Å². The van der Waals surface area contributed by atoms with Gasteiger partial charge in [0.2, 0.25) is 10.0 Å². The topological polar surface area (TPSA) is 92.8 Å². The van der Waals surface area contributed by atoms with E-state index in [9.17, 15) is 18.3 Å². The first-order valence-electron chi connectivity index (χ1n) is 7.48. The molecule has 1 unspecified atom stereocenters. The monoisotopic (exact) mass is 340 g/mol. The minimum Gasteiger partial charge on any atom is -0.408 e. The summed E-state index contributed by atoms with van der Waals surface area (Å²) in [6, 6.07) is 4.42. The minimum absolute atomic E-state index is 0.0619. The molecule has 1 aliphatic rings. The van der Waals surface area contributed by atoms with Crippen molar-refractivity contribution in [1.82, 2.24) is 8.87 Å². The van der Waals surface area contributed by atoms with Crippen molar-refractivity contribution in [2.45, 2.75) is 38.3 Å². The number of nitrogens with zero attached hydrogens (tertiary/aromatic N) is 2. The number of benzene rings is 1. The molecular formula is C15H20N2O5S. The SMILES string of the molecule is CCn1c(=O)oc2cc(S(=O)(=O)N3CC(O)C(C)(C)C3)ccc21. The molecule has 8 heteroatoms. The van der Waals surface area contributed by atoms with Crippen LogP contribution in [0.25, 0.3) is 11.1 Å². The van der Waals surface area contributed by atoms with Crippen molar-refractivity contribution in [3.8, 4) is 0 Å². The van der Waals surface area contributed by atoms with E-state index in [4.69, 9.17) is 4.42 Å². The second-order valence-corrected chi connectivity index (χ2v) is 8.48. The van der Waals surface area contributed by atoms with Crippen LogP contribution in [0.5, 0.6) is 0 Å². The summed E-state index contributed by atoms with van der Waals surface area (Å²) in [5.74, 6) is -0.505. The maximum Gasteiger partial charge on any atom is 0.419 e. The number of aromatic nitrogens is 1. The van der Waals surface area contributed by atoms with Gasteiger partial charge in [-0.25, -0.2) is 13.2 Å². The van der Waals surface area contributed by atoms with Crippen molar-refractivity contribution in [1.29, 1.82) is 0 Å². The molecule has 0 saturated carbocycles. The Balaban J connectivity index is 2.04. The quantitative estimate of drug-likeness (QED) is 0.900. The molecule has 1 fully saturated rings. The van der Waals surface area contributed by atoms with Crippen molar-refractivity contribution in [3.05, 3.63) is 28.7 Å². The summed E-state index contributed by atoms with van der Waals surface area (Å²) in [5, 5.41) is 10.0. The maximum absolute atomic E-state index is 12.8. The molecule has 1 aliphatic heterocycles. The van der Waals surface area contributed by atoms with Gasteiger partial charge in [0.1, 0.15) is 0 Å². The summed E-state index contributed by atoms with van der Waals surface area (Å²) in [6.07, 6.45) is -0.708. The number of rotatable bonds is 3. The van der Waals surface area contributed by atoms with E-state index in [1.54, 1.807) is 6.07 Å². The zero-order chi connectivity index (χ0) is 17.0. The molecule has 23 heavy (non-hydrogen) atoms. The number of oxazole rings is 1. The van der Waals surface area contributed by atoms with E-state index in [-0.39, 0.29) is 23.6 Å². The third-order valence-corrected chi connectivity index (χ3v) is 6.26. The molecule has 1 saturated heterocycles. The second kappa shape index (κ2) is 5.19. The Morgan fingerprint density at radius 3 is 2.65 bits per heavy atom. The molecule has 1 atom stereocenters. The maximum atomic E-state index is 12.8. The zero-order valence-electron chi connectivity index (χ0n) is 13.3. The Kier molecular flexibility index (Phi) is 3.66. The van der Waals surface area contributed by atoms with Crippen molar-refractivity contribution in [2.24, 2.45) is 5.41 Å². The van der Waals surface area contributed by atoms with Crippen molar-refractivity contribution in [3.63, 3.8) is 0 Å². The number of hydrogen-bond acceptors (Lipinski definition) is 5. The van der Waals surface area contributed by atoms with Gasteiger partial charge in [0, 0.05) is 31.1 Å². The molecule has 1 aromatic heterocycles. The molecule has 0 amide bonds. The number of hydrogen-bond donors (Lipinski definition) is 1. The number of aryl methyl sites for hydroxylation is 1. The van der Waals surface area contributed by atoms with Gasteiger partial charge in [-0.2, -0.15) is 4.31 Å². The summed E-state index contributed by atoms with van der Waals surface area (Å²) in [5.41, 5.74) is 0.324. The van der Waals surface area contributed by atoms with Crippen molar-refractivity contribution in [2.75, 3.05) is 13.1 Å². The Morgan fingerprint density at radius 1 is 1.39 bits per heavy atom. The number of β-amino-alcohol motifs (C(OH)–C–C–N with tert-alkyl or cyclic N) is 1. The third kappa shape index (κ3) is 2.50. The normalized spacial score (nSPS) is 22.0. The lowest BCUT2D eigenvalue weighted by Crippen LogP contribution is -2.30. The van der Waals surface area contributed by atoms with Crippen molar-refractivity contribution >= 4 is 21.1 Å². The predicted molar refractivity (Wildman–Crippen MR) is 84.7 cm³/mol. The molecule has 2 heterocycles. The molecule has 3 rings (SSSR count). The first-order valence-corrected chi connectivity index (χ1v) is 8.92. The average molecular weight is 340 g/mol. The highest BCUT2D eigenvalue weighted by Gasteiger charge is 2.43. The lowest BCUT2D eigenvalue weighted by atomic mass is 9.90. The Labute approximate surface area is 134 Å². The van der Waals surface area contributed by atoms with Gasteiger partial charge in [-0.05, 0) is 19.1 Å². The number of aliphatic hydroxyl groups excluding tert-OH is 1. The molecule has 126 valence electrons. The van der Waals surface area contributed by atoms with Gasteiger partial charge in [-0.15, -0.1) is 0 Å². The highest BCUT2D eigenvalue weighted by atomic mass is 32.2. The average Bonchev–Trinajstić information content (AvgIpc) is 2.94. The van der Waals surface area contributed by atoms with Gasteiger partial charge in [0.25, 0.3) is 0 Å². The van der Waals surface area contributed by atoms with E-state index in [1.165, 1.54) is 21.0 Å². The summed E-state index contributed by atoms with van der Waals surface area (Å²) in [4.78, 5) is 11.8. The molecule has 0 spiro atoms. The van der Waals surface area contributed by atoms with Gasteiger partial charge >= 0.3 is 5.76 Å². The highest BCUT2D eigenvalue weighted by Crippen LogP contribution is 2.33. The predicted octanol–water partition coefficient (Wildman–Crippen LogP) is 1.01. The molecular weight excluding hydrogens is 320 g/mol. The van der Waals surface area contributed by atoms with Crippen LogP contribution in [0.3, 0.4) is 0 Å². The van der Waals surface area contributed by atoms with Crippen molar-refractivity contribution < 1.29 is 17.9 Å². The Bertz CT molecular complexity index is 910. The number of aliphatic hydroxyl groups is 1. The fraction of sp³-hybridized carbons (Fsp3) is 0.533. The molecule has 0 radical (unpaired) electrons. The molecule has 7 nitrogen and oxygen atoms in total. The number of sulfonamides is 1. The third-order valence-electron chi connectivity index (χ3n) is 4.46. The van der Waals surface area contributed by atoms with Crippen LogP contribution in [0.15, 0.2) is 32.3 Å². The fourth-order valence-electron chi connectivity index (χ4n) is 2.90. The van der Waals surface area contributed by atoms with Crippen LogP contribution in [-0.2, 0) is 16.6 Å². The van der Waals surface area contributed by atoms with Crippen LogP contribution in [-0.4, -0.2) is 41.6 Å². The first-order chi connectivity index (χ1) is 10.7. The van der Waals surface area contributed by atoms with Crippen LogP contribution in [0.4, 0.5) is 0 Å². The minimum atomic E-state index is -3.74. The molecule has 1 aromatic carbocycles. The largest absolute Gasteiger partial charge is 0.419 e. The van der Waals surface area contributed by atoms with Gasteiger partial charge in [0.15, 0.2) is 5.58 Å². The molecule has 1 N–H and O–H groups in total. The Morgan fingerprint density at radius 2 is 2.09 bits per heavy atom. The van der Waals surface area contributed by atoms with E-state index in [0.29, 0.717) is 12.1 Å². The summed E-state index contributed by atoms with van der Waals surface area (Å²) in [7, 11) is -3.74.